The zero-order valence-electron chi connectivity index (χ0n) is 13.4. The highest BCUT2D eigenvalue weighted by molar-refractivity contribution is 5.78. The summed E-state index contributed by atoms with van der Waals surface area (Å²) in [6.07, 6.45) is 4.18. The summed E-state index contributed by atoms with van der Waals surface area (Å²) in [4.78, 5) is 25.7. The minimum atomic E-state index is -0.767. The molecule has 2 aliphatic rings. The van der Waals surface area contributed by atoms with Crippen molar-refractivity contribution < 1.29 is 14.7 Å². The van der Waals surface area contributed by atoms with Crippen LogP contribution >= 0.6 is 0 Å². The van der Waals surface area contributed by atoms with Crippen molar-refractivity contribution in [3.05, 3.63) is 0 Å². The first-order chi connectivity index (χ1) is 9.74. The lowest BCUT2D eigenvalue weighted by Crippen LogP contribution is -2.48. The third kappa shape index (κ3) is 3.69. The molecule has 120 valence electrons. The number of likely N-dealkylation sites (tertiary alicyclic amines) is 1. The molecule has 0 radical (unpaired) electrons. The molecule has 1 saturated carbocycles. The van der Waals surface area contributed by atoms with E-state index in [2.05, 4.69) is 26.1 Å². The van der Waals surface area contributed by atoms with E-state index in [9.17, 15) is 14.7 Å². The van der Waals surface area contributed by atoms with Crippen molar-refractivity contribution >= 4 is 12.0 Å². The van der Waals surface area contributed by atoms with Crippen LogP contribution in [0.3, 0.4) is 0 Å². The van der Waals surface area contributed by atoms with E-state index in [-0.39, 0.29) is 18.0 Å². The van der Waals surface area contributed by atoms with Crippen molar-refractivity contribution in [1.29, 1.82) is 0 Å². The maximum atomic E-state index is 12.2. The lowest BCUT2D eigenvalue weighted by Gasteiger charge is -2.36. The molecule has 1 aliphatic heterocycles. The summed E-state index contributed by atoms with van der Waals surface area (Å²) in [6, 6.07) is -0.111. The smallest absolute Gasteiger partial charge is 0.317 e. The monoisotopic (exact) mass is 296 g/mol. The van der Waals surface area contributed by atoms with Crippen LogP contribution in [0.1, 0.15) is 52.9 Å². The minimum absolute atomic E-state index is 0.111. The molecule has 1 aliphatic carbocycles. The number of nitrogens with one attached hydrogen (secondary N) is 1. The van der Waals surface area contributed by atoms with Gasteiger partial charge in [0.1, 0.15) is 0 Å². The van der Waals surface area contributed by atoms with Crippen LogP contribution in [-0.4, -0.2) is 41.6 Å². The molecule has 0 unspecified atom stereocenters. The molecular formula is C16H28N2O3. The molecule has 0 aromatic carbocycles. The van der Waals surface area contributed by atoms with Gasteiger partial charge in [0.05, 0.1) is 5.41 Å². The number of carboxylic acids is 1. The van der Waals surface area contributed by atoms with Crippen molar-refractivity contribution in [3.8, 4) is 0 Å². The minimum Gasteiger partial charge on any atom is -0.481 e. The molecule has 1 heterocycles. The molecule has 2 fully saturated rings. The molecule has 2 amide bonds. The van der Waals surface area contributed by atoms with Crippen LogP contribution in [0.2, 0.25) is 0 Å². The number of hydrogen-bond acceptors (Lipinski definition) is 2. The molecule has 5 nitrogen and oxygen atoms in total. The van der Waals surface area contributed by atoms with Gasteiger partial charge < -0.3 is 15.3 Å². The number of carboxylic acid groups (broad SMARTS) is 1. The second-order valence-electron chi connectivity index (χ2n) is 7.76. The molecule has 0 atom stereocenters. The molecule has 2 N–H and O–H groups in total. The van der Waals surface area contributed by atoms with E-state index < -0.39 is 11.4 Å². The third-order valence-corrected chi connectivity index (χ3v) is 5.23. The summed E-state index contributed by atoms with van der Waals surface area (Å²) in [5.74, 6) is -0.177. The summed E-state index contributed by atoms with van der Waals surface area (Å²) in [7, 11) is 0. The van der Waals surface area contributed by atoms with Crippen LogP contribution in [-0.2, 0) is 4.79 Å². The molecule has 1 saturated heterocycles. The Morgan fingerprint density at radius 1 is 1.24 bits per heavy atom. The van der Waals surface area contributed by atoms with E-state index in [0.29, 0.717) is 18.8 Å². The lowest BCUT2D eigenvalue weighted by atomic mass is 9.71. The SMILES string of the molecule is CC1CCC(CNC(=O)N2CCC(C)(C)C2)(C(=O)O)CC1. The number of hydrogen-bond donors (Lipinski definition) is 2. The summed E-state index contributed by atoms with van der Waals surface area (Å²) in [6.45, 7) is 8.23. The Morgan fingerprint density at radius 2 is 1.86 bits per heavy atom. The highest BCUT2D eigenvalue weighted by atomic mass is 16.4. The Bertz CT molecular complexity index is 412. The van der Waals surface area contributed by atoms with Crippen molar-refractivity contribution in [2.75, 3.05) is 19.6 Å². The highest BCUT2D eigenvalue weighted by Gasteiger charge is 2.42. The second-order valence-corrected chi connectivity index (χ2v) is 7.76. The Balaban J connectivity index is 1.91. The fourth-order valence-corrected chi connectivity index (χ4v) is 3.42. The van der Waals surface area contributed by atoms with Gasteiger partial charge in [0.2, 0.25) is 0 Å². The van der Waals surface area contributed by atoms with Gasteiger partial charge in [0.15, 0.2) is 0 Å². The van der Waals surface area contributed by atoms with Crippen LogP contribution in [0.5, 0.6) is 0 Å². The van der Waals surface area contributed by atoms with Crippen LogP contribution < -0.4 is 5.32 Å². The maximum Gasteiger partial charge on any atom is 0.317 e. The number of urea groups is 1. The van der Waals surface area contributed by atoms with Gasteiger partial charge in [-0.1, -0.05) is 20.8 Å². The largest absolute Gasteiger partial charge is 0.481 e. The molecule has 0 aromatic heterocycles. The zero-order valence-corrected chi connectivity index (χ0v) is 13.4. The standard InChI is InChI=1S/C16H28N2O3/c1-12-4-6-16(7-5-12,13(19)20)10-17-14(21)18-9-8-15(2,3)11-18/h12H,4-11H2,1-3H3,(H,17,21)(H,19,20). The van der Waals surface area contributed by atoms with E-state index in [1.807, 2.05) is 0 Å². The quantitative estimate of drug-likeness (QED) is 0.841. The Morgan fingerprint density at radius 3 is 2.33 bits per heavy atom. The Kier molecular flexibility index (Phi) is 4.49. The van der Waals surface area contributed by atoms with Gasteiger partial charge in [-0.3, -0.25) is 4.79 Å². The molecule has 0 spiro atoms. The van der Waals surface area contributed by atoms with Gasteiger partial charge in [-0.05, 0) is 43.4 Å². The van der Waals surface area contributed by atoms with Crippen LogP contribution in [0, 0.1) is 16.7 Å². The van der Waals surface area contributed by atoms with Crippen molar-refractivity contribution in [2.24, 2.45) is 16.7 Å². The topological polar surface area (TPSA) is 69.6 Å². The molecular weight excluding hydrogens is 268 g/mol. The fraction of sp³-hybridized carbons (Fsp3) is 0.875. The van der Waals surface area contributed by atoms with Crippen LogP contribution in [0.15, 0.2) is 0 Å². The van der Waals surface area contributed by atoms with E-state index >= 15 is 0 Å². The number of aliphatic carboxylic acids is 1. The van der Waals surface area contributed by atoms with E-state index in [1.165, 1.54) is 0 Å². The third-order valence-electron chi connectivity index (χ3n) is 5.23. The molecule has 2 rings (SSSR count). The van der Waals surface area contributed by atoms with Gasteiger partial charge in [-0.2, -0.15) is 0 Å². The van der Waals surface area contributed by atoms with E-state index in [1.54, 1.807) is 4.90 Å². The number of carbonyl (C=O) groups excluding carboxylic acids is 1. The van der Waals surface area contributed by atoms with Gasteiger partial charge in [0.25, 0.3) is 0 Å². The predicted molar refractivity (Wildman–Crippen MR) is 81.1 cm³/mol. The van der Waals surface area contributed by atoms with E-state index in [0.717, 1.165) is 32.4 Å². The number of amides is 2. The Hall–Kier alpha value is -1.26. The van der Waals surface area contributed by atoms with Crippen molar-refractivity contribution in [1.82, 2.24) is 10.2 Å². The Labute approximate surface area is 127 Å². The second kappa shape index (κ2) is 5.85. The van der Waals surface area contributed by atoms with Crippen LogP contribution in [0.25, 0.3) is 0 Å². The zero-order chi connectivity index (χ0) is 15.7. The first kappa shape index (κ1) is 16.1. The van der Waals surface area contributed by atoms with Gasteiger partial charge in [0, 0.05) is 19.6 Å². The average Bonchev–Trinajstić information content (AvgIpc) is 2.78. The normalized spacial score (nSPS) is 32.0. The molecule has 0 aromatic rings. The number of rotatable bonds is 3. The lowest BCUT2D eigenvalue weighted by molar-refractivity contribution is -0.151. The highest BCUT2D eigenvalue weighted by Crippen LogP contribution is 2.38. The maximum absolute atomic E-state index is 12.2. The molecule has 21 heavy (non-hydrogen) atoms. The summed E-state index contributed by atoms with van der Waals surface area (Å²) in [5, 5.41) is 12.4. The summed E-state index contributed by atoms with van der Waals surface area (Å²) >= 11 is 0. The summed E-state index contributed by atoms with van der Waals surface area (Å²) < 4.78 is 0. The van der Waals surface area contributed by atoms with E-state index in [4.69, 9.17) is 0 Å². The van der Waals surface area contributed by atoms with Gasteiger partial charge in [-0.25, -0.2) is 4.79 Å². The number of nitrogens with zero attached hydrogens (tertiary/aromatic N) is 1. The van der Waals surface area contributed by atoms with Gasteiger partial charge >= 0.3 is 12.0 Å². The molecule has 0 bridgehead atoms. The van der Waals surface area contributed by atoms with Crippen molar-refractivity contribution in [3.63, 3.8) is 0 Å². The number of carbonyl (C=O) groups is 2. The summed E-state index contributed by atoms with van der Waals surface area (Å²) in [5.41, 5.74) is -0.598. The molecule has 5 heteroatoms. The first-order valence-corrected chi connectivity index (χ1v) is 8.00. The van der Waals surface area contributed by atoms with Crippen molar-refractivity contribution in [2.45, 2.75) is 52.9 Å². The fourth-order valence-electron chi connectivity index (χ4n) is 3.42. The predicted octanol–water partition coefficient (Wildman–Crippen LogP) is 2.71. The van der Waals surface area contributed by atoms with Gasteiger partial charge in [-0.15, -0.1) is 0 Å². The average molecular weight is 296 g/mol. The first-order valence-electron chi connectivity index (χ1n) is 8.00. The van der Waals surface area contributed by atoms with Crippen LogP contribution in [0.4, 0.5) is 4.79 Å².